The maximum absolute atomic E-state index is 13.7. The molecular formula is C16H15ClFNO. The summed E-state index contributed by atoms with van der Waals surface area (Å²) in [5, 5.41) is 3.99. The molecule has 0 spiro atoms. The van der Waals surface area contributed by atoms with Gasteiger partial charge >= 0.3 is 0 Å². The van der Waals surface area contributed by atoms with Crippen LogP contribution in [0, 0.1) is 5.82 Å². The van der Waals surface area contributed by atoms with Gasteiger partial charge in [-0.05, 0) is 37.1 Å². The summed E-state index contributed by atoms with van der Waals surface area (Å²) in [6.45, 7) is 0.700. The van der Waals surface area contributed by atoms with Crippen LogP contribution in [-0.2, 0) is 6.54 Å². The van der Waals surface area contributed by atoms with Crippen molar-refractivity contribution in [2.24, 2.45) is 0 Å². The van der Waals surface area contributed by atoms with Crippen molar-refractivity contribution in [3.8, 4) is 11.5 Å². The fourth-order valence-electron chi connectivity index (χ4n) is 1.96. The molecule has 1 aliphatic rings. The molecule has 2 nitrogen and oxygen atoms in total. The van der Waals surface area contributed by atoms with Crippen LogP contribution in [0.4, 0.5) is 4.39 Å². The third kappa shape index (κ3) is 3.30. The summed E-state index contributed by atoms with van der Waals surface area (Å²) in [7, 11) is 0. The molecule has 0 unspecified atom stereocenters. The van der Waals surface area contributed by atoms with Crippen LogP contribution >= 0.6 is 11.6 Å². The van der Waals surface area contributed by atoms with Gasteiger partial charge in [-0.3, -0.25) is 0 Å². The molecule has 1 fully saturated rings. The summed E-state index contributed by atoms with van der Waals surface area (Å²) < 4.78 is 19.3. The molecule has 1 aliphatic carbocycles. The van der Waals surface area contributed by atoms with Crippen LogP contribution < -0.4 is 10.1 Å². The predicted molar refractivity (Wildman–Crippen MR) is 77.8 cm³/mol. The Morgan fingerprint density at radius 3 is 2.70 bits per heavy atom. The summed E-state index contributed by atoms with van der Waals surface area (Å²) in [4.78, 5) is 0. The molecule has 0 amide bonds. The second kappa shape index (κ2) is 5.81. The smallest absolute Gasteiger partial charge is 0.165 e. The predicted octanol–water partition coefficient (Wildman–Crippen LogP) is 4.52. The highest BCUT2D eigenvalue weighted by atomic mass is 35.5. The van der Waals surface area contributed by atoms with E-state index in [9.17, 15) is 4.39 Å². The summed E-state index contributed by atoms with van der Waals surface area (Å²) in [6, 6.07) is 12.4. The zero-order chi connectivity index (χ0) is 13.9. The van der Waals surface area contributed by atoms with Crippen LogP contribution in [-0.4, -0.2) is 6.04 Å². The zero-order valence-electron chi connectivity index (χ0n) is 10.9. The van der Waals surface area contributed by atoms with Crippen LogP contribution in [0.1, 0.15) is 18.4 Å². The van der Waals surface area contributed by atoms with Gasteiger partial charge in [-0.2, -0.15) is 0 Å². The lowest BCUT2D eigenvalue weighted by atomic mass is 10.2. The molecule has 0 atom stereocenters. The minimum absolute atomic E-state index is 0.211. The van der Waals surface area contributed by atoms with E-state index in [1.54, 1.807) is 24.3 Å². The third-order valence-electron chi connectivity index (χ3n) is 3.24. The molecule has 0 saturated heterocycles. The van der Waals surface area contributed by atoms with Gasteiger partial charge in [0.2, 0.25) is 0 Å². The average Bonchev–Trinajstić information content (AvgIpc) is 3.25. The number of hydrogen-bond acceptors (Lipinski definition) is 2. The molecule has 0 heterocycles. The highest BCUT2D eigenvalue weighted by Crippen LogP contribution is 2.30. The van der Waals surface area contributed by atoms with Gasteiger partial charge in [0.05, 0.1) is 0 Å². The van der Waals surface area contributed by atoms with Gasteiger partial charge in [-0.25, -0.2) is 4.39 Å². The molecule has 1 saturated carbocycles. The summed E-state index contributed by atoms with van der Waals surface area (Å²) in [5.74, 6) is 0.423. The van der Waals surface area contributed by atoms with Crippen molar-refractivity contribution in [3.05, 3.63) is 58.9 Å². The fraction of sp³-hybridized carbons (Fsp3) is 0.250. The maximum atomic E-state index is 13.7. The van der Waals surface area contributed by atoms with E-state index in [2.05, 4.69) is 5.32 Å². The number of para-hydroxylation sites is 1. The van der Waals surface area contributed by atoms with Crippen molar-refractivity contribution >= 4 is 11.6 Å². The SMILES string of the molecule is Fc1ccccc1Oc1cc(Cl)ccc1CNC1CC1. The normalized spacial score (nSPS) is 14.3. The van der Waals surface area contributed by atoms with Gasteiger partial charge in [0.1, 0.15) is 5.75 Å². The Balaban J connectivity index is 1.82. The first-order valence-electron chi connectivity index (χ1n) is 6.66. The molecule has 0 radical (unpaired) electrons. The Kier molecular flexibility index (Phi) is 3.90. The topological polar surface area (TPSA) is 21.3 Å². The number of nitrogens with one attached hydrogen (secondary N) is 1. The summed E-state index contributed by atoms with van der Waals surface area (Å²) in [6.07, 6.45) is 2.44. The molecule has 0 aromatic heterocycles. The first kappa shape index (κ1) is 13.4. The largest absolute Gasteiger partial charge is 0.454 e. The lowest BCUT2D eigenvalue weighted by molar-refractivity contribution is 0.435. The van der Waals surface area contributed by atoms with E-state index in [-0.39, 0.29) is 11.6 Å². The summed E-state index contributed by atoms with van der Waals surface area (Å²) >= 11 is 6.00. The van der Waals surface area contributed by atoms with Crippen LogP contribution in [0.25, 0.3) is 0 Å². The molecule has 3 rings (SSSR count). The number of halogens is 2. The van der Waals surface area contributed by atoms with Crippen LogP contribution in [0.15, 0.2) is 42.5 Å². The molecule has 0 aliphatic heterocycles. The van der Waals surface area contributed by atoms with E-state index in [0.29, 0.717) is 23.4 Å². The minimum atomic E-state index is -0.381. The Morgan fingerprint density at radius 1 is 1.15 bits per heavy atom. The minimum Gasteiger partial charge on any atom is -0.454 e. The standard InChI is InChI=1S/C16H15ClFNO/c17-12-6-5-11(10-19-13-7-8-13)16(9-12)20-15-4-2-1-3-14(15)18/h1-6,9,13,19H,7-8,10H2. The Labute approximate surface area is 122 Å². The second-order valence-electron chi connectivity index (χ2n) is 4.94. The van der Waals surface area contributed by atoms with Crippen molar-refractivity contribution in [1.29, 1.82) is 0 Å². The van der Waals surface area contributed by atoms with Crippen molar-refractivity contribution in [2.45, 2.75) is 25.4 Å². The van der Waals surface area contributed by atoms with Gasteiger partial charge in [0, 0.05) is 23.2 Å². The van der Waals surface area contributed by atoms with E-state index in [1.807, 2.05) is 12.1 Å². The van der Waals surface area contributed by atoms with Gasteiger partial charge in [-0.15, -0.1) is 0 Å². The maximum Gasteiger partial charge on any atom is 0.165 e. The molecular weight excluding hydrogens is 277 g/mol. The lowest BCUT2D eigenvalue weighted by Gasteiger charge is -2.12. The van der Waals surface area contributed by atoms with Crippen LogP contribution in [0.5, 0.6) is 11.5 Å². The zero-order valence-corrected chi connectivity index (χ0v) is 11.7. The van der Waals surface area contributed by atoms with Crippen LogP contribution in [0.3, 0.4) is 0 Å². The van der Waals surface area contributed by atoms with Crippen molar-refractivity contribution < 1.29 is 9.13 Å². The lowest BCUT2D eigenvalue weighted by Crippen LogP contribution is -2.15. The molecule has 104 valence electrons. The van der Waals surface area contributed by atoms with E-state index < -0.39 is 0 Å². The van der Waals surface area contributed by atoms with E-state index in [0.717, 1.165) is 5.56 Å². The molecule has 20 heavy (non-hydrogen) atoms. The Morgan fingerprint density at radius 2 is 1.95 bits per heavy atom. The Hall–Kier alpha value is -1.58. The molecule has 4 heteroatoms. The number of hydrogen-bond donors (Lipinski definition) is 1. The van der Waals surface area contributed by atoms with Gasteiger partial charge < -0.3 is 10.1 Å². The van der Waals surface area contributed by atoms with Gasteiger partial charge in [0.15, 0.2) is 11.6 Å². The van der Waals surface area contributed by atoms with Gasteiger partial charge in [-0.1, -0.05) is 29.8 Å². The van der Waals surface area contributed by atoms with Crippen molar-refractivity contribution in [3.63, 3.8) is 0 Å². The highest BCUT2D eigenvalue weighted by Gasteiger charge is 2.20. The number of ether oxygens (including phenoxy) is 1. The highest BCUT2D eigenvalue weighted by molar-refractivity contribution is 6.30. The number of rotatable bonds is 5. The molecule has 2 aromatic rings. The first-order valence-corrected chi connectivity index (χ1v) is 7.04. The molecule has 2 aromatic carbocycles. The second-order valence-corrected chi connectivity index (χ2v) is 5.38. The monoisotopic (exact) mass is 291 g/mol. The first-order chi connectivity index (χ1) is 9.72. The molecule has 1 N–H and O–H groups in total. The third-order valence-corrected chi connectivity index (χ3v) is 3.48. The van der Waals surface area contributed by atoms with Crippen molar-refractivity contribution in [1.82, 2.24) is 5.32 Å². The quantitative estimate of drug-likeness (QED) is 0.874. The van der Waals surface area contributed by atoms with E-state index >= 15 is 0 Å². The van der Waals surface area contributed by atoms with E-state index in [1.165, 1.54) is 18.9 Å². The number of benzene rings is 2. The van der Waals surface area contributed by atoms with Crippen molar-refractivity contribution in [2.75, 3.05) is 0 Å². The van der Waals surface area contributed by atoms with Gasteiger partial charge in [0.25, 0.3) is 0 Å². The fourth-order valence-corrected chi connectivity index (χ4v) is 2.12. The average molecular weight is 292 g/mol. The Bertz CT molecular complexity index is 613. The van der Waals surface area contributed by atoms with E-state index in [4.69, 9.17) is 16.3 Å². The molecule has 0 bridgehead atoms. The van der Waals surface area contributed by atoms with Crippen LogP contribution in [0.2, 0.25) is 5.02 Å². The summed E-state index contributed by atoms with van der Waals surface area (Å²) in [5.41, 5.74) is 0.976.